The van der Waals surface area contributed by atoms with Gasteiger partial charge in [-0.1, -0.05) is 30.3 Å². The third-order valence-electron chi connectivity index (χ3n) is 3.45. The van der Waals surface area contributed by atoms with Crippen LogP contribution >= 0.6 is 11.8 Å². The van der Waals surface area contributed by atoms with Crippen molar-refractivity contribution >= 4 is 17.7 Å². The maximum atomic E-state index is 13.4. The van der Waals surface area contributed by atoms with Crippen molar-refractivity contribution in [2.75, 3.05) is 18.9 Å². The molecule has 0 spiro atoms. The van der Waals surface area contributed by atoms with Gasteiger partial charge in [-0.15, -0.1) is 11.8 Å². The Morgan fingerprint density at radius 1 is 1.23 bits per heavy atom. The Labute approximate surface area is 133 Å². The quantitative estimate of drug-likeness (QED) is 0.864. The van der Waals surface area contributed by atoms with E-state index in [4.69, 9.17) is 4.74 Å². The van der Waals surface area contributed by atoms with E-state index in [1.165, 1.54) is 12.1 Å². The minimum Gasteiger partial charge on any atom is -0.484 e. The predicted molar refractivity (Wildman–Crippen MR) is 85.2 cm³/mol. The summed E-state index contributed by atoms with van der Waals surface area (Å²) < 4.78 is 18.9. The third-order valence-corrected chi connectivity index (χ3v) is 4.71. The summed E-state index contributed by atoms with van der Waals surface area (Å²) in [6.45, 7) is 0.652. The van der Waals surface area contributed by atoms with E-state index in [0.29, 0.717) is 12.3 Å². The molecule has 0 N–H and O–H groups in total. The van der Waals surface area contributed by atoms with E-state index in [1.807, 2.05) is 36.4 Å². The van der Waals surface area contributed by atoms with Crippen molar-refractivity contribution in [2.45, 2.75) is 5.37 Å². The first-order chi connectivity index (χ1) is 10.7. The Kier molecular flexibility index (Phi) is 4.63. The molecule has 114 valence electrons. The van der Waals surface area contributed by atoms with Gasteiger partial charge in [0.2, 0.25) is 0 Å². The van der Waals surface area contributed by atoms with Gasteiger partial charge in [-0.25, -0.2) is 4.39 Å². The molecule has 2 aromatic carbocycles. The molecule has 1 fully saturated rings. The van der Waals surface area contributed by atoms with Gasteiger partial charge < -0.3 is 9.64 Å². The molecule has 1 atom stereocenters. The van der Waals surface area contributed by atoms with E-state index in [1.54, 1.807) is 22.7 Å². The SMILES string of the molecule is O=C(COc1ccccc1)N1CCS[C@H]1c1cccc(F)c1. The minimum atomic E-state index is -0.280. The van der Waals surface area contributed by atoms with Crippen molar-refractivity contribution in [3.63, 3.8) is 0 Å². The van der Waals surface area contributed by atoms with E-state index in [0.717, 1.165) is 11.3 Å². The van der Waals surface area contributed by atoms with Gasteiger partial charge in [0, 0.05) is 12.3 Å². The lowest BCUT2D eigenvalue weighted by molar-refractivity contribution is -0.133. The smallest absolute Gasteiger partial charge is 0.261 e. The second-order valence-corrected chi connectivity index (χ2v) is 6.16. The molecular formula is C17H16FNO2S. The number of halogens is 1. The van der Waals surface area contributed by atoms with Crippen LogP contribution in [-0.4, -0.2) is 29.7 Å². The molecule has 0 bridgehead atoms. The largest absolute Gasteiger partial charge is 0.484 e. The van der Waals surface area contributed by atoms with Gasteiger partial charge in [0.15, 0.2) is 6.61 Å². The highest BCUT2D eigenvalue weighted by atomic mass is 32.2. The predicted octanol–water partition coefficient (Wildman–Crippen LogP) is 3.48. The molecule has 1 amide bonds. The van der Waals surface area contributed by atoms with Crippen molar-refractivity contribution in [1.82, 2.24) is 4.90 Å². The monoisotopic (exact) mass is 317 g/mol. The lowest BCUT2D eigenvalue weighted by Gasteiger charge is -2.24. The number of rotatable bonds is 4. The number of thioether (sulfide) groups is 1. The van der Waals surface area contributed by atoms with E-state index >= 15 is 0 Å². The molecule has 3 rings (SSSR count). The Bertz CT molecular complexity index is 650. The Hall–Kier alpha value is -2.01. The lowest BCUT2D eigenvalue weighted by atomic mass is 10.2. The summed E-state index contributed by atoms with van der Waals surface area (Å²) in [4.78, 5) is 14.1. The highest BCUT2D eigenvalue weighted by molar-refractivity contribution is 7.99. The molecule has 0 aromatic heterocycles. The number of ether oxygens (including phenoxy) is 1. The van der Waals surface area contributed by atoms with Crippen LogP contribution in [0.3, 0.4) is 0 Å². The first-order valence-electron chi connectivity index (χ1n) is 7.08. The van der Waals surface area contributed by atoms with Crippen LogP contribution in [-0.2, 0) is 4.79 Å². The highest BCUT2D eigenvalue weighted by Crippen LogP contribution is 2.38. The van der Waals surface area contributed by atoms with Gasteiger partial charge in [-0.2, -0.15) is 0 Å². The summed E-state index contributed by atoms with van der Waals surface area (Å²) in [7, 11) is 0. The summed E-state index contributed by atoms with van der Waals surface area (Å²) in [6, 6.07) is 15.7. The standard InChI is InChI=1S/C17H16FNO2S/c18-14-6-4-5-13(11-14)17-19(9-10-22-17)16(20)12-21-15-7-2-1-3-8-15/h1-8,11,17H,9-10,12H2/t17-/m0/s1. The second kappa shape index (κ2) is 6.83. The van der Waals surface area contributed by atoms with E-state index < -0.39 is 0 Å². The summed E-state index contributed by atoms with van der Waals surface area (Å²) in [5.41, 5.74) is 0.815. The first-order valence-corrected chi connectivity index (χ1v) is 8.13. The Morgan fingerprint density at radius 3 is 2.82 bits per heavy atom. The van der Waals surface area contributed by atoms with Gasteiger partial charge >= 0.3 is 0 Å². The van der Waals surface area contributed by atoms with Crippen LogP contribution in [0.25, 0.3) is 0 Å². The van der Waals surface area contributed by atoms with Crippen molar-refractivity contribution in [3.8, 4) is 5.75 Å². The first kappa shape index (κ1) is 14.9. The zero-order valence-electron chi connectivity index (χ0n) is 11.9. The number of carbonyl (C=O) groups excluding carboxylic acids is 1. The second-order valence-electron chi connectivity index (χ2n) is 4.97. The van der Waals surface area contributed by atoms with Gasteiger partial charge in [0.1, 0.15) is 16.9 Å². The average molecular weight is 317 g/mol. The van der Waals surface area contributed by atoms with Gasteiger partial charge in [-0.3, -0.25) is 4.79 Å². The molecule has 0 radical (unpaired) electrons. The summed E-state index contributed by atoms with van der Waals surface area (Å²) in [5, 5.41) is -0.137. The molecule has 1 heterocycles. The van der Waals surface area contributed by atoms with Crippen LogP contribution in [0.1, 0.15) is 10.9 Å². The van der Waals surface area contributed by atoms with Crippen LogP contribution in [0.2, 0.25) is 0 Å². The topological polar surface area (TPSA) is 29.5 Å². The number of benzene rings is 2. The maximum Gasteiger partial charge on any atom is 0.261 e. The van der Waals surface area contributed by atoms with Crippen LogP contribution in [0.4, 0.5) is 4.39 Å². The minimum absolute atomic E-state index is 0.00358. The molecule has 0 unspecified atom stereocenters. The fourth-order valence-corrected chi connectivity index (χ4v) is 3.67. The van der Waals surface area contributed by atoms with Crippen LogP contribution in [0, 0.1) is 5.82 Å². The fraction of sp³-hybridized carbons (Fsp3) is 0.235. The molecule has 1 aliphatic heterocycles. The zero-order chi connectivity index (χ0) is 15.4. The number of carbonyl (C=O) groups is 1. The van der Waals surface area contributed by atoms with Crippen LogP contribution in [0.5, 0.6) is 5.75 Å². The molecule has 5 heteroatoms. The van der Waals surface area contributed by atoms with E-state index in [2.05, 4.69) is 0 Å². The van der Waals surface area contributed by atoms with Crippen LogP contribution < -0.4 is 4.74 Å². The van der Waals surface area contributed by atoms with Gasteiger partial charge in [0.05, 0.1) is 0 Å². The number of hydrogen-bond donors (Lipinski definition) is 0. The van der Waals surface area contributed by atoms with E-state index in [-0.39, 0.29) is 23.7 Å². The Morgan fingerprint density at radius 2 is 2.05 bits per heavy atom. The summed E-state index contributed by atoms with van der Waals surface area (Å²) >= 11 is 1.65. The normalized spacial score (nSPS) is 17.5. The molecule has 1 saturated heterocycles. The molecule has 0 saturated carbocycles. The lowest BCUT2D eigenvalue weighted by Crippen LogP contribution is -2.34. The fourth-order valence-electron chi connectivity index (χ4n) is 2.41. The number of para-hydroxylation sites is 1. The van der Waals surface area contributed by atoms with Crippen molar-refractivity contribution in [2.24, 2.45) is 0 Å². The molecule has 22 heavy (non-hydrogen) atoms. The van der Waals surface area contributed by atoms with Crippen molar-refractivity contribution in [3.05, 3.63) is 66.0 Å². The van der Waals surface area contributed by atoms with E-state index in [9.17, 15) is 9.18 Å². The van der Waals surface area contributed by atoms with Gasteiger partial charge in [0.25, 0.3) is 5.91 Å². The van der Waals surface area contributed by atoms with Crippen molar-refractivity contribution < 1.29 is 13.9 Å². The molecular weight excluding hydrogens is 301 g/mol. The third kappa shape index (κ3) is 3.42. The summed E-state index contributed by atoms with van der Waals surface area (Å²) in [6.07, 6.45) is 0. The maximum absolute atomic E-state index is 13.4. The van der Waals surface area contributed by atoms with Gasteiger partial charge in [-0.05, 0) is 29.8 Å². The van der Waals surface area contributed by atoms with Crippen molar-refractivity contribution in [1.29, 1.82) is 0 Å². The molecule has 3 nitrogen and oxygen atoms in total. The Balaban J connectivity index is 1.66. The molecule has 0 aliphatic carbocycles. The number of nitrogens with zero attached hydrogens (tertiary/aromatic N) is 1. The number of amides is 1. The molecule has 1 aliphatic rings. The zero-order valence-corrected chi connectivity index (χ0v) is 12.8. The number of hydrogen-bond acceptors (Lipinski definition) is 3. The average Bonchev–Trinajstić information content (AvgIpc) is 3.03. The summed E-state index contributed by atoms with van der Waals surface area (Å²) in [5.74, 6) is 1.16. The highest BCUT2D eigenvalue weighted by Gasteiger charge is 2.30. The molecule has 2 aromatic rings. The van der Waals surface area contributed by atoms with Crippen LogP contribution in [0.15, 0.2) is 54.6 Å².